The number of hydrogen-bond donors (Lipinski definition) is 2. The molecule has 2 aromatic carbocycles. The van der Waals surface area contributed by atoms with Gasteiger partial charge in [-0.25, -0.2) is 17.5 Å². The average molecular weight is 415 g/mol. The monoisotopic (exact) mass is 415 g/mol. The zero-order valence-electron chi connectivity index (χ0n) is 16.4. The quantitative estimate of drug-likeness (QED) is 0.640. The van der Waals surface area contributed by atoms with Gasteiger partial charge in [0.15, 0.2) is 0 Å². The van der Waals surface area contributed by atoms with E-state index in [1.807, 2.05) is 13.8 Å². The van der Waals surface area contributed by atoms with Crippen LogP contribution in [0.4, 0.5) is 10.1 Å². The Bertz CT molecular complexity index is 1160. The lowest BCUT2D eigenvalue weighted by Crippen LogP contribution is -2.27. The molecule has 0 aliphatic rings. The molecular weight excluding hydrogens is 393 g/mol. The van der Waals surface area contributed by atoms with Crippen molar-refractivity contribution in [3.8, 4) is 0 Å². The van der Waals surface area contributed by atoms with Gasteiger partial charge in [-0.1, -0.05) is 13.8 Å². The van der Waals surface area contributed by atoms with E-state index in [-0.39, 0.29) is 10.8 Å². The summed E-state index contributed by atoms with van der Waals surface area (Å²) in [5.41, 5.74) is 1.88. The fraction of sp³-hybridized carbons (Fsp3) is 0.238. The topological polar surface area (TPSA) is 88.2 Å². The fourth-order valence-electron chi connectivity index (χ4n) is 2.79. The fourth-order valence-corrected chi connectivity index (χ4v) is 4.01. The third-order valence-electron chi connectivity index (χ3n) is 4.25. The van der Waals surface area contributed by atoms with Crippen LogP contribution in [-0.2, 0) is 10.0 Å². The summed E-state index contributed by atoms with van der Waals surface area (Å²) >= 11 is 0. The van der Waals surface area contributed by atoms with Gasteiger partial charge in [0.1, 0.15) is 5.82 Å². The molecule has 0 aliphatic carbocycles. The van der Waals surface area contributed by atoms with Crippen LogP contribution in [0.25, 0.3) is 10.9 Å². The molecule has 6 nitrogen and oxygen atoms in total. The van der Waals surface area contributed by atoms with E-state index in [1.54, 1.807) is 13.0 Å². The third-order valence-corrected chi connectivity index (χ3v) is 5.69. The zero-order chi connectivity index (χ0) is 21.2. The van der Waals surface area contributed by atoms with Crippen molar-refractivity contribution in [2.24, 2.45) is 5.92 Å². The zero-order valence-corrected chi connectivity index (χ0v) is 17.2. The normalized spacial score (nSPS) is 11.8. The van der Waals surface area contributed by atoms with Crippen molar-refractivity contribution in [3.05, 3.63) is 65.6 Å². The highest BCUT2D eigenvalue weighted by atomic mass is 32.2. The molecule has 1 heterocycles. The van der Waals surface area contributed by atoms with Gasteiger partial charge in [0.2, 0.25) is 10.0 Å². The number of sulfonamides is 1. The first-order valence-electron chi connectivity index (χ1n) is 9.14. The maximum atomic E-state index is 13.7. The maximum absolute atomic E-state index is 13.7. The summed E-state index contributed by atoms with van der Waals surface area (Å²) in [5.74, 6) is -0.702. The van der Waals surface area contributed by atoms with Crippen LogP contribution in [-0.4, -0.2) is 25.9 Å². The van der Waals surface area contributed by atoms with Crippen LogP contribution in [0.5, 0.6) is 0 Å². The molecule has 0 aliphatic heterocycles. The van der Waals surface area contributed by atoms with Crippen molar-refractivity contribution in [3.63, 3.8) is 0 Å². The lowest BCUT2D eigenvalue weighted by molar-refractivity contribution is 0.102. The molecule has 0 radical (unpaired) electrons. The Morgan fingerprint density at radius 2 is 1.79 bits per heavy atom. The molecule has 0 saturated heterocycles. The van der Waals surface area contributed by atoms with Crippen molar-refractivity contribution < 1.29 is 17.6 Å². The Kier molecular flexibility index (Phi) is 5.95. The number of carbonyl (C=O) groups excluding carboxylic acids is 1. The van der Waals surface area contributed by atoms with E-state index >= 15 is 0 Å². The van der Waals surface area contributed by atoms with E-state index < -0.39 is 21.7 Å². The molecule has 152 valence electrons. The summed E-state index contributed by atoms with van der Waals surface area (Å²) in [4.78, 5) is 17.2. The van der Waals surface area contributed by atoms with E-state index in [1.165, 1.54) is 42.5 Å². The Morgan fingerprint density at radius 1 is 1.10 bits per heavy atom. The molecule has 2 N–H and O–H groups in total. The number of aryl methyl sites for hydroxylation is 1. The number of nitrogens with one attached hydrogen (secondary N) is 2. The van der Waals surface area contributed by atoms with Crippen LogP contribution in [0.1, 0.15) is 29.9 Å². The van der Waals surface area contributed by atoms with Crippen LogP contribution in [0, 0.1) is 18.7 Å². The lowest BCUT2D eigenvalue weighted by atomic mass is 10.1. The van der Waals surface area contributed by atoms with Crippen LogP contribution in [0.3, 0.4) is 0 Å². The molecule has 0 fully saturated rings. The van der Waals surface area contributed by atoms with Gasteiger partial charge in [-0.2, -0.15) is 0 Å². The van der Waals surface area contributed by atoms with E-state index in [9.17, 15) is 17.6 Å². The van der Waals surface area contributed by atoms with Crippen molar-refractivity contribution in [2.75, 3.05) is 11.9 Å². The number of fused-ring (bicyclic) bond motifs is 1. The second-order valence-electron chi connectivity index (χ2n) is 7.20. The second kappa shape index (κ2) is 8.26. The molecule has 3 rings (SSSR count). The average Bonchev–Trinajstić information content (AvgIpc) is 2.66. The Hall–Kier alpha value is -2.84. The summed E-state index contributed by atoms with van der Waals surface area (Å²) < 4.78 is 40.7. The highest BCUT2D eigenvalue weighted by Crippen LogP contribution is 2.22. The van der Waals surface area contributed by atoms with Crippen molar-refractivity contribution in [1.82, 2.24) is 9.71 Å². The number of carbonyl (C=O) groups is 1. The van der Waals surface area contributed by atoms with E-state index in [4.69, 9.17) is 0 Å². The van der Waals surface area contributed by atoms with E-state index in [2.05, 4.69) is 15.0 Å². The first-order valence-corrected chi connectivity index (χ1v) is 10.6. The Balaban J connectivity index is 1.83. The van der Waals surface area contributed by atoms with Gasteiger partial charge in [-0.3, -0.25) is 9.78 Å². The largest absolute Gasteiger partial charge is 0.322 e. The highest BCUT2D eigenvalue weighted by Gasteiger charge is 2.16. The Labute approximate surface area is 169 Å². The van der Waals surface area contributed by atoms with Gasteiger partial charge in [0, 0.05) is 23.3 Å². The second-order valence-corrected chi connectivity index (χ2v) is 8.96. The molecule has 8 heteroatoms. The number of rotatable bonds is 6. The van der Waals surface area contributed by atoms with E-state index in [0.29, 0.717) is 34.4 Å². The molecule has 0 unspecified atom stereocenters. The number of hydrogen-bond acceptors (Lipinski definition) is 4. The van der Waals surface area contributed by atoms with Crippen LogP contribution in [0.2, 0.25) is 0 Å². The molecular formula is C21H22FN3O3S. The first-order chi connectivity index (χ1) is 13.7. The summed E-state index contributed by atoms with van der Waals surface area (Å²) in [5, 5.41) is 3.13. The number of amides is 1. The molecule has 29 heavy (non-hydrogen) atoms. The van der Waals surface area contributed by atoms with Crippen molar-refractivity contribution in [1.29, 1.82) is 0 Å². The van der Waals surface area contributed by atoms with Crippen molar-refractivity contribution >= 4 is 32.5 Å². The molecule has 1 amide bonds. The van der Waals surface area contributed by atoms with Gasteiger partial charge < -0.3 is 5.32 Å². The van der Waals surface area contributed by atoms with Crippen LogP contribution < -0.4 is 10.0 Å². The predicted octanol–water partition coefficient (Wildman–Crippen LogP) is 3.87. The number of anilines is 1. The number of aromatic nitrogens is 1. The van der Waals surface area contributed by atoms with Gasteiger partial charge in [0.25, 0.3) is 5.91 Å². The minimum atomic E-state index is -3.60. The number of halogens is 1. The standard InChI is InChI=1S/C21H22FN3O3S/c1-13(2)12-23-29(27,28)17-7-5-16(6-8-17)25-21(26)19-10-14(3)24-20-9-4-15(22)11-18(19)20/h4-11,13,23H,12H2,1-3H3,(H,25,26). The summed E-state index contributed by atoms with van der Waals surface area (Å²) in [7, 11) is -3.60. The van der Waals surface area contributed by atoms with Crippen molar-refractivity contribution in [2.45, 2.75) is 25.7 Å². The molecule has 0 atom stereocenters. The molecule has 3 aromatic rings. The highest BCUT2D eigenvalue weighted by molar-refractivity contribution is 7.89. The van der Waals surface area contributed by atoms with Gasteiger partial charge in [-0.05, 0) is 61.4 Å². The van der Waals surface area contributed by atoms with Crippen LogP contribution in [0.15, 0.2) is 53.4 Å². The molecule has 0 spiro atoms. The molecule has 0 saturated carbocycles. The first kappa shape index (κ1) is 20.9. The van der Waals surface area contributed by atoms with Crippen LogP contribution >= 0.6 is 0 Å². The van der Waals surface area contributed by atoms with Gasteiger partial charge >= 0.3 is 0 Å². The van der Waals surface area contributed by atoms with Gasteiger partial charge in [-0.15, -0.1) is 0 Å². The number of nitrogens with zero attached hydrogens (tertiary/aromatic N) is 1. The van der Waals surface area contributed by atoms with E-state index in [0.717, 1.165) is 0 Å². The molecule has 0 bridgehead atoms. The number of benzene rings is 2. The summed E-state index contributed by atoms with van der Waals surface area (Å²) in [6.45, 7) is 5.92. The maximum Gasteiger partial charge on any atom is 0.256 e. The lowest BCUT2D eigenvalue weighted by Gasteiger charge is -2.11. The third kappa shape index (κ3) is 4.96. The molecule has 1 aromatic heterocycles. The minimum absolute atomic E-state index is 0.114. The summed E-state index contributed by atoms with van der Waals surface area (Å²) in [6.07, 6.45) is 0. The SMILES string of the molecule is Cc1cc(C(=O)Nc2ccc(S(=O)(=O)NCC(C)C)cc2)c2cc(F)ccc2n1. The number of pyridine rings is 1. The van der Waals surface area contributed by atoms with Gasteiger partial charge in [0.05, 0.1) is 16.0 Å². The minimum Gasteiger partial charge on any atom is -0.322 e. The summed E-state index contributed by atoms with van der Waals surface area (Å²) in [6, 6.07) is 11.6. The Morgan fingerprint density at radius 3 is 2.45 bits per heavy atom. The smallest absolute Gasteiger partial charge is 0.256 e. The predicted molar refractivity (Wildman–Crippen MR) is 111 cm³/mol.